The molecule has 4 heterocycles. The van der Waals surface area contributed by atoms with Gasteiger partial charge < -0.3 is 14.2 Å². The van der Waals surface area contributed by atoms with Gasteiger partial charge in [0.25, 0.3) is 0 Å². The van der Waals surface area contributed by atoms with Gasteiger partial charge in [-0.2, -0.15) is 5.10 Å². The number of hydrogen-bond donors (Lipinski definition) is 0. The molecular formula is C27H26N4O4. The third kappa shape index (κ3) is 5.22. The molecule has 1 aliphatic rings. The summed E-state index contributed by atoms with van der Waals surface area (Å²) in [7, 11) is 1.34. The van der Waals surface area contributed by atoms with Gasteiger partial charge in [0.15, 0.2) is 6.23 Å². The van der Waals surface area contributed by atoms with E-state index in [9.17, 15) is 4.79 Å². The van der Waals surface area contributed by atoms with Gasteiger partial charge in [0.1, 0.15) is 18.1 Å². The van der Waals surface area contributed by atoms with Crippen molar-refractivity contribution in [3.63, 3.8) is 0 Å². The second-order valence-electron chi connectivity index (χ2n) is 8.27. The summed E-state index contributed by atoms with van der Waals surface area (Å²) in [6, 6.07) is 17.3. The summed E-state index contributed by atoms with van der Waals surface area (Å²) in [5, 5.41) is 4.46. The minimum absolute atomic E-state index is 0.0365. The Hall–Kier alpha value is -4.04. The number of carbonyl (C=O) groups is 1. The van der Waals surface area contributed by atoms with E-state index in [0.29, 0.717) is 12.4 Å². The van der Waals surface area contributed by atoms with Crippen LogP contribution in [-0.2, 0) is 16.1 Å². The molecule has 1 aliphatic heterocycles. The van der Waals surface area contributed by atoms with Gasteiger partial charge in [-0.15, -0.1) is 0 Å². The zero-order chi connectivity index (χ0) is 24.0. The van der Waals surface area contributed by atoms with Crippen LogP contribution in [0.1, 0.15) is 41.5 Å². The van der Waals surface area contributed by atoms with Crippen molar-refractivity contribution in [3.05, 3.63) is 84.4 Å². The second kappa shape index (κ2) is 10.5. The molecule has 5 rings (SSSR count). The van der Waals surface area contributed by atoms with Crippen LogP contribution in [0.25, 0.3) is 22.5 Å². The zero-order valence-electron chi connectivity index (χ0n) is 19.5. The Balaban J connectivity index is 1.24. The predicted molar refractivity (Wildman–Crippen MR) is 130 cm³/mol. The Morgan fingerprint density at radius 1 is 1.06 bits per heavy atom. The number of aromatic nitrogens is 4. The Morgan fingerprint density at radius 2 is 2.00 bits per heavy atom. The maximum Gasteiger partial charge on any atom is 0.356 e. The summed E-state index contributed by atoms with van der Waals surface area (Å²) in [6.07, 6.45) is 8.34. The predicted octanol–water partition coefficient (Wildman–Crippen LogP) is 5.07. The zero-order valence-corrected chi connectivity index (χ0v) is 19.5. The lowest BCUT2D eigenvalue weighted by Crippen LogP contribution is -2.20. The first-order valence-electron chi connectivity index (χ1n) is 11.6. The highest BCUT2D eigenvalue weighted by atomic mass is 16.5. The van der Waals surface area contributed by atoms with E-state index in [2.05, 4.69) is 15.1 Å². The third-order valence-electron chi connectivity index (χ3n) is 5.92. The highest BCUT2D eigenvalue weighted by molar-refractivity contribution is 5.87. The van der Waals surface area contributed by atoms with E-state index < -0.39 is 5.97 Å². The van der Waals surface area contributed by atoms with Crippen LogP contribution >= 0.6 is 0 Å². The maximum absolute atomic E-state index is 11.6. The lowest BCUT2D eigenvalue weighted by molar-refractivity contribution is -0.0384. The van der Waals surface area contributed by atoms with Gasteiger partial charge >= 0.3 is 5.97 Å². The number of hydrogen-bond acceptors (Lipinski definition) is 7. The largest absolute Gasteiger partial charge is 0.487 e. The Labute approximate surface area is 203 Å². The molecule has 0 amide bonds. The molecule has 35 heavy (non-hydrogen) atoms. The van der Waals surface area contributed by atoms with E-state index in [1.54, 1.807) is 24.7 Å². The molecule has 1 saturated heterocycles. The SMILES string of the molecule is COC(=O)c1ccc(-c2cccc(COc3ccc(-c4ccnn4C4CCCCO4)nc3)c2)cn1. The van der Waals surface area contributed by atoms with Crippen molar-refractivity contribution < 1.29 is 19.0 Å². The fraction of sp³-hybridized carbons (Fsp3) is 0.259. The van der Waals surface area contributed by atoms with Gasteiger partial charge in [0.05, 0.1) is 24.7 Å². The molecule has 0 saturated carbocycles. The van der Waals surface area contributed by atoms with Crippen LogP contribution in [0.3, 0.4) is 0 Å². The number of nitrogens with zero attached hydrogens (tertiary/aromatic N) is 4. The highest BCUT2D eigenvalue weighted by Gasteiger charge is 2.20. The van der Waals surface area contributed by atoms with E-state index in [4.69, 9.17) is 14.2 Å². The average molecular weight is 471 g/mol. The van der Waals surface area contributed by atoms with Crippen LogP contribution in [0, 0.1) is 0 Å². The molecule has 0 radical (unpaired) electrons. The Morgan fingerprint density at radius 3 is 2.74 bits per heavy atom. The Kier molecular flexibility index (Phi) is 6.81. The molecule has 8 nitrogen and oxygen atoms in total. The monoisotopic (exact) mass is 470 g/mol. The molecule has 8 heteroatoms. The molecule has 0 N–H and O–H groups in total. The molecule has 3 aromatic heterocycles. The molecule has 0 bridgehead atoms. The normalized spacial score (nSPS) is 15.5. The minimum atomic E-state index is -0.454. The van der Waals surface area contributed by atoms with Crippen LogP contribution in [0.15, 0.2) is 73.2 Å². The third-order valence-corrected chi connectivity index (χ3v) is 5.92. The first-order valence-corrected chi connectivity index (χ1v) is 11.6. The van der Waals surface area contributed by atoms with E-state index in [1.807, 2.05) is 53.2 Å². The van der Waals surface area contributed by atoms with Crippen molar-refractivity contribution in [2.45, 2.75) is 32.1 Å². The van der Waals surface area contributed by atoms with E-state index >= 15 is 0 Å². The standard InChI is InChI=1S/C27H26N4O4/c1-33-27(32)24-10-8-21(16-28-24)20-6-4-5-19(15-20)18-35-22-9-11-23(29-17-22)25-12-13-30-31(25)26-7-2-3-14-34-26/h4-6,8-13,15-17,26H,2-3,7,14,18H2,1H3. The van der Waals surface area contributed by atoms with Crippen LogP contribution in [0.5, 0.6) is 5.75 Å². The number of esters is 1. The molecule has 0 aliphatic carbocycles. The van der Waals surface area contributed by atoms with E-state index in [-0.39, 0.29) is 11.9 Å². The van der Waals surface area contributed by atoms with Gasteiger partial charge in [-0.25, -0.2) is 14.5 Å². The average Bonchev–Trinajstić information content (AvgIpc) is 3.43. The summed E-state index contributed by atoms with van der Waals surface area (Å²) in [5.74, 6) is 0.230. The minimum Gasteiger partial charge on any atom is -0.487 e. The lowest BCUT2D eigenvalue weighted by Gasteiger charge is -2.24. The summed E-state index contributed by atoms with van der Waals surface area (Å²) in [4.78, 5) is 20.4. The smallest absolute Gasteiger partial charge is 0.356 e. The quantitative estimate of drug-likeness (QED) is 0.348. The first kappa shape index (κ1) is 22.7. The molecule has 4 aromatic rings. The van der Waals surface area contributed by atoms with Crippen molar-refractivity contribution in [1.82, 2.24) is 19.7 Å². The topological polar surface area (TPSA) is 88.4 Å². The number of benzene rings is 1. The van der Waals surface area contributed by atoms with Crippen molar-refractivity contribution >= 4 is 5.97 Å². The lowest BCUT2D eigenvalue weighted by atomic mass is 10.0. The summed E-state index contributed by atoms with van der Waals surface area (Å²) in [5.41, 5.74) is 4.94. The summed E-state index contributed by atoms with van der Waals surface area (Å²) in [6.45, 7) is 1.16. The van der Waals surface area contributed by atoms with Crippen LogP contribution < -0.4 is 4.74 Å². The van der Waals surface area contributed by atoms with E-state index in [0.717, 1.165) is 53.9 Å². The van der Waals surface area contributed by atoms with Gasteiger partial charge in [-0.3, -0.25) is 4.98 Å². The fourth-order valence-electron chi connectivity index (χ4n) is 4.08. The first-order chi connectivity index (χ1) is 17.2. The van der Waals surface area contributed by atoms with Gasteiger partial charge in [-0.05, 0) is 60.7 Å². The maximum atomic E-state index is 11.6. The second-order valence-corrected chi connectivity index (χ2v) is 8.27. The summed E-state index contributed by atoms with van der Waals surface area (Å²) >= 11 is 0. The van der Waals surface area contributed by atoms with Crippen molar-refractivity contribution in [3.8, 4) is 28.3 Å². The van der Waals surface area contributed by atoms with Crippen LogP contribution in [0.2, 0.25) is 0 Å². The van der Waals surface area contributed by atoms with Crippen LogP contribution in [-0.4, -0.2) is 39.4 Å². The van der Waals surface area contributed by atoms with Gasteiger partial charge in [-0.1, -0.05) is 24.3 Å². The van der Waals surface area contributed by atoms with Gasteiger partial charge in [0, 0.05) is 24.6 Å². The highest BCUT2D eigenvalue weighted by Crippen LogP contribution is 2.28. The molecule has 178 valence electrons. The number of methoxy groups -OCH3 is 1. The fourth-order valence-corrected chi connectivity index (χ4v) is 4.08. The van der Waals surface area contributed by atoms with E-state index in [1.165, 1.54) is 7.11 Å². The van der Waals surface area contributed by atoms with Crippen molar-refractivity contribution in [2.75, 3.05) is 13.7 Å². The number of rotatable bonds is 7. The molecule has 1 atom stereocenters. The number of pyridine rings is 2. The molecule has 1 unspecified atom stereocenters. The molecular weight excluding hydrogens is 444 g/mol. The van der Waals surface area contributed by atoms with Crippen molar-refractivity contribution in [1.29, 1.82) is 0 Å². The van der Waals surface area contributed by atoms with Crippen molar-refractivity contribution in [2.24, 2.45) is 0 Å². The number of ether oxygens (including phenoxy) is 3. The van der Waals surface area contributed by atoms with Crippen LogP contribution in [0.4, 0.5) is 0 Å². The summed E-state index contributed by atoms with van der Waals surface area (Å²) < 4.78 is 18.5. The molecule has 1 fully saturated rings. The molecule has 0 spiro atoms. The molecule has 1 aromatic carbocycles. The number of carbonyl (C=O) groups excluding carboxylic acids is 1. The Bertz CT molecular complexity index is 1280. The van der Waals surface area contributed by atoms with Gasteiger partial charge in [0.2, 0.25) is 0 Å².